The zero-order valence-corrected chi connectivity index (χ0v) is 8.99. The number of nitrogens with one attached hydrogen (secondary N) is 1. The molecule has 0 aliphatic heterocycles. The minimum atomic E-state index is -0.506. The van der Waals surface area contributed by atoms with Crippen molar-refractivity contribution in [3.05, 3.63) is 35.9 Å². The third-order valence-corrected chi connectivity index (χ3v) is 2.22. The predicted octanol–water partition coefficient (Wildman–Crippen LogP) is 1.84. The molecule has 0 aliphatic rings. The second kappa shape index (κ2) is 5.29. The molecule has 0 spiro atoms. The van der Waals surface area contributed by atoms with E-state index < -0.39 is 5.91 Å². The fraction of sp³-hybridized carbons (Fsp3) is 0.333. The van der Waals surface area contributed by atoms with Crippen LogP contribution in [-0.4, -0.2) is 11.7 Å². The van der Waals surface area contributed by atoms with Crippen molar-refractivity contribution in [3.8, 4) is 0 Å². The Bertz CT molecular complexity index is 346. The smallest absolute Gasteiger partial charge is 0.287 e. The summed E-state index contributed by atoms with van der Waals surface area (Å²) in [5, 5.41) is 2.66. The molecule has 1 rings (SSSR count). The van der Waals surface area contributed by atoms with Gasteiger partial charge < -0.3 is 5.32 Å². The third-order valence-electron chi connectivity index (χ3n) is 2.22. The Morgan fingerprint density at radius 3 is 2.40 bits per heavy atom. The molecule has 3 heteroatoms. The van der Waals surface area contributed by atoms with Crippen molar-refractivity contribution >= 4 is 11.7 Å². The number of carbonyl (C=O) groups excluding carboxylic acids is 2. The number of rotatable bonds is 4. The number of hydrogen-bond donors (Lipinski definition) is 1. The van der Waals surface area contributed by atoms with Crippen LogP contribution in [0.2, 0.25) is 0 Å². The normalized spacial score (nSPS) is 11.9. The molecule has 1 N–H and O–H groups in total. The maximum absolute atomic E-state index is 11.3. The van der Waals surface area contributed by atoms with Gasteiger partial charge in [-0.05, 0) is 12.5 Å². The summed E-state index contributed by atoms with van der Waals surface area (Å²) < 4.78 is 0. The first kappa shape index (κ1) is 11.4. The van der Waals surface area contributed by atoms with E-state index in [1.54, 1.807) is 6.92 Å². The number of ketones is 1. The van der Waals surface area contributed by atoms with Crippen LogP contribution in [0.1, 0.15) is 31.9 Å². The lowest BCUT2D eigenvalue weighted by Crippen LogP contribution is -2.32. The van der Waals surface area contributed by atoms with Gasteiger partial charge in [-0.15, -0.1) is 0 Å². The Kier molecular flexibility index (Phi) is 4.03. The highest BCUT2D eigenvalue weighted by molar-refractivity contribution is 6.36. The predicted molar refractivity (Wildman–Crippen MR) is 58.3 cm³/mol. The molecule has 0 radical (unpaired) electrons. The van der Waals surface area contributed by atoms with Crippen molar-refractivity contribution in [1.82, 2.24) is 5.32 Å². The van der Waals surface area contributed by atoms with Crippen LogP contribution in [0.15, 0.2) is 30.3 Å². The van der Waals surface area contributed by atoms with Crippen LogP contribution in [0.5, 0.6) is 0 Å². The highest BCUT2D eigenvalue weighted by Gasteiger charge is 2.14. The Morgan fingerprint density at radius 1 is 1.27 bits per heavy atom. The van der Waals surface area contributed by atoms with E-state index in [1.807, 2.05) is 37.3 Å². The largest absolute Gasteiger partial charge is 0.343 e. The Balaban J connectivity index is 2.60. The van der Waals surface area contributed by atoms with Gasteiger partial charge in [-0.25, -0.2) is 0 Å². The Morgan fingerprint density at radius 2 is 1.87 bits per heavy atom. The quantitative estimate of drug-likeness (QED) is 0.762. The van der Waals surface area contributed by atoms with E-state index >= 15 is 0 Å². The van der Waals surface area contributed by atoms with Crippen LogP contribution in [0, 0.1) is 0 Å². The first-order chi connectivity index (χ1) is 7.15. The van der Waals surface area contributed by atoms with Gasteiger partial charge in [-0.1, -0.05) is 37.3 Å². The molecule has 0 fully saturated rings. The highest BCUT2D eigenvalue weighted by Crippen LogP contribution is 2.10. The molecule has 0 saturated heterocycles. The molecular weight excluding hydrogens is 190 g/mol. The molecule has 0 bridgehead atoms. The molecule has 80 valence electrons. The maximum Gasteiger partial charge on any atom is 0.287 e. The zero-order chi connectivity index (χ0) is 11.3. The topological polar surface area (TPSA) is 46.2 Å². The van der Waals surface area contributed by atoms with Crippen molar-refractivity contribution in [3.63, 3.8) is 0 Å². The second-order valence-electron chi connectivity index (χ2n) is 3.38. The van der Waals surface area contributed by atoms with Crippen LogP contribution < -0.4 is 5.32 Å². The van der Waals surface area contributed by atoms with Crippen molar-refractivity contribution in [2.24, 2.45) is 0 Å². The summed E-state index contributed by atoms with van der Waals surface area (Å²) in [6.45, 7) is 3.53. The van der Waals surface area contributed by atoms with Crippen LogP contribution in [0.3, 0.4) is 0 Å². The Hall–Kier alpha value is -1.64. The molecule has 0 aromatic heterocycles. The number of benzene rings is 1. The zero-order valence-electron chi connectivity index (χ0n) is 8.99. The summed E-state index contributed by atoms with van der Waals surface area (Å²) in [6.07, 6.45) is 0.243. The molecule has 1 atom stereocenters. The van der Waals surface area contributed by atoms with Crippen LogP contribution >= 0.6 is 0 Å². The Labute approximate surface area is 89.5 Å². The van der Waals surface area contributed by atoms with E-state index in [2.05, 4.69) is 5.32 Å². The summed E-state index contributed by atoms with van der Waals surface area (Å²) in [5.41, 5.74) is 0.995. The average molecular weight is 205 g/mol. The molecule has 0 aliphatic carbocycles. The summed E-state index contributed by atoms with van der Waals surface area (Å²) in [6, 6.07) is 9.42. The monoisotopic (exact) mass is 205 g/mol. The number of amides is 1. The van der Waals surface area contributed by atoms with Gasteiger partial charge in [0.1, 0.15) is 0 Å². The van der Waals surface area contributed by atoms with E-state index in [0.29, 0.717) is 0 Å². The maximum atomic E-state index is 11.3. The molecule has 0 saturated carbocycles. The molecule has 1 aromatic carbocycles. The lowest BCUT2D eigenvalue weighted by Gasteiger charge is -2.12. The van der Waals surface area contributed by atoms with Gasteiger partial charge in [0.25, 0.3) is 5.91 Å². The molecule has 1 amide bonds. The van der Waals surface area contributed by atoms with Gasteiger partial charge in [-0.2, -0.15) is 0 Å². The molecule has 0 heterocycles. The van der Waals surface area contributed by atoms with E-state index in [0.717, 1.165) is 5.56 Å². The summed E-state index contributed by atoms with van der Waals surface area (Å²) in [4.78, 5) is 22.4. The van der Waals surface area contributed by atoms with Crippen molar-refractivity contribution < 1.29 is 9.59 Å². The lowest BCUT2D eigenvalue weighted by atomic mass is 10.1. The third kappa shape index (κ3) is 3.20. The fourth-order valence-corrected chi connectivity index (χ4v) is 1.26. The van der Waals surface area contributed by atoms with Gasteiger partial charge in [0.05, 0.1) is 6.04 Å². The van der Waals surface area contributed by atoms with Gasteiger partial charge in [-0.3, -0.25) is 9.59 Å². The van der Waals surface area contributed by atoms with E-state index in [1.165, 1.54) is 0 Å². The van der Waals surface area contributed by atoms with E-state index in [9.17, 15) is 9.59 Å². The SMILES string of the molecule is CCC(=O)C(=O)N[C@@H](C)c1ccccc1. The van der Waals surface area contributed by atoms with E-state index in [4.69, 9.17) is 0 Å². The molecular formula is C12H15NO2. The van der Waals surface area contributed by atoms with Gasteiger partial charge >= 0.3 is 0 Å². The van der Waals surface area contributed by atoms with Crippen molar-refractivity contribution in [2.75, 3.05) is 0 Å². The number of carbonyl (C=O) groups is 2. The first-order valence-electron chi connectivity index (χ1n) is 5.03. The van der Waals surface area contributed by atoms with Crippen LogP contribution in [-0.2, 0) is 9.59 Å². The lowest BCUT2D eigenvalue weighted by molar-refractivity contribution is -0.138. The van der Waals surface area contributed by atoms with Gasteiger partial charge in [0, 0.05) is 6.42 Å². The number of hydrogen-bond acceptors (Lipinski definition) is 2. The summed E-state index contributed by atoms with van der Waals surface area (Å²) in [7, 11) is 0. The minimum absolute atomic E-state index is 0.130. The van der Waals surface area contributed by atoms with Crippen LogP contribution in [0.4, 0.5) is 0 Å². The fourth-order valence-electron chi connectivity index (χ4n) is 1.26. The first-order valence-corrected chi connectivity index (χ1v) is 5.03. The van der Waals surface area contributed by atoms with Crippen LogP contribution in [0.25, 0.3) is 0 Å². The van der Waals surface area contributed by atoms with E-state index in [-0.39, 0.29) is 18.2 Å². The summed E-state index contributed by atoms with van der Waals surface area (Å²) in [5.74, 6) is -0.883. The second-order valence-corrected chi connectivity index (χ2v) is 3.38. The molecule has 3 nitrogen and oxygen atoms in total. The molecule has 0 unspecified atom stereocenters. The van der Waals surface area contributed by atoms with Gasteiger partial charge in [0.2, 0.25) is 5.78 Å². The number of Topliss-reactive ketones (excluding diaryl/α,β-unsaturated/α-hetero) is 1. The molecule has 1 aromatic rings. The van der Waals surface area contributed by atoms with Gasteiger partial charge in [0.15, 0.2) is 0 Å². The minimum Gasteiger partial charge on any atom is -0.343 e. The molecule has 15 heavy (non-hydrogen) atoms. The standard InChI is InChI=1S/C12H15NO2/c1-3-11(14)12(15)13-9(2)10-7-5-4-6-8-10/h4-9H,3H2,1-2H3,(H,13,15)/t9-/m0/s1. The van der Waals surface area contributed by atoms with Crippen molar-refractivity contribution in [2.45, 2.75) is 26.3 Å². The van der Waals surface area contributed by atoms with Crippen molar-refractivity contribution in [1.29, 1.82) is 0 Å². The summed E-state index contributed by atoms with van der Waals surface area (Å²) >= 11 is 0. The highest BCUT2D eigenvalue weighted by atomic mass is 16.2. The average Bonchev–Trinajstić information content (AvgIpc) is 2.29.